The molecule has 0 amide bonds. The Morgan fingerprint density at radius 3 is 2.60 bits per heavy atom. The molecule has 2 aromatic carbocycles. The molecule has 100 valence electrons. The summed E-state index contributed by atoms with van der Waals surface area (Å²) in [6, 6.07) is 11.8. The first-order valence-electron chi connectivity index (χ1n) is 6.02. The molecule has 0 saturated heterocycles. The van der Waals surface area contributed by atoms with Crippen molar-refractivity contribution >= 4 is 19.3 Å². The Hall–Kier alpha value is -2.30. The molecule has 0 aliphatic carbocycles. The zero-order valence-corrected chi connectivity index (χ0v) is 10.7. The Morgan fingerprint density at radius 1 is 1.25 bits per heavy atom. The van der Waals surface area contributed by atoms with E-state index >= 15 is 0 Å². The maximum Gasteiger partial charge on any atom is 0.307 e. The van der Waals surface area contributed by atoms with E-state index in [1.165, 1.54) is 6.07 Å². The topological polar surface area (TPSA) is 46.5 Å². The summed E-state index contributed by atoms with van der Waals surface area (Å²) < 4.78 is 19.1. The largest absolute Gasteiger partial charge is 0.490 e. The van der Waals surface area contributed by atoms with Crippen molar-refractivity contribution in [1.29, 1.82) is 0 Å². The van der Waals surface area contributed by atoms with Crippen molar-refractivity contribution in [2.75, 3.05) is 0 Å². The number of hydrogen-bond acceptors (Lipinski definition) is 2. The van der Waals surface area contributed by atoms with E-state index in [-0.39, 0.29) is 23.4 Å². The summed E-state index contributed by atoms with van der Waals surface area (Å²) in [5.74, 6) is -1.47. The summed E-state index contributed by atoms with van der Waals surface area (Å²) in [7, 11) is 5.67. The van der Waals surface area contributed by atoms with E-state index in [1.54, 1.807) is 0 Å². The molecule has 3 nitrogen and oxygen atoms in total. The molecular weight excluding hydrogens is 258 g/mol. The van der Waals surface area contributed by atoms with Crippen LogP contribution < -0.4 is 10.2 Å². The van der Waals surface area contributed by atoms with Crippen molar-refractivity contribution < 1.29 is 19.0 Å². The van der Waals surface area contributed by atoms with Crippen LogP contribution in [0.1, 0.15) is 11.1 Å². The van der Waals surface area contributed by atoms with E-state index in [4.69, 9.17) is 17.7 Å². The van der Waals surface area contributed by atoms with Crippen LogP contribution in [0, 0.1) is 5.82 Å². The summed E-state index contributed by atoms with van der Waals surface area (Å²) in [4.78, 5) is 10.7. The zero-order chi connectivity index (χ0) is 14.5. The number of carboxylic acid groups (broad SMARTS) is 1. The highest BCUT2D eigenvalue weighted by Gasteiger charge is 2.11. The van der Waals surface area contributed by atoms with Gasteiger partial charge in [0.2, 0.25) is 0 Å². The molecule has 1 N–H and O–H groups in total. The van der Waals surface area contributed by atoms with E-state index in [0.717, 1.165) is 11.6 Å². The molecule has 0 heterocycles. The number of carboxylic acids is 1. The van der Waals surface area contributed by atoms with Crippen molar-refractivity contribution in [2.45, 2.75) is 13.0 Å². The van der Waals surface area contributed by atoms with Crippen LogP contribution in [-0.4, -0.2) is 18.9 Å². The minimum Gasteiger partial charge on any atom is -0.490 e. The average molecular weight is 270 g/mol. The van der Waals surface area contributed by atoms with Crippen LogP contribution in [0.4, 0.5) is 4.39 Å². The molecule has 0 atom stereocenters. The lowest BCUT2D eigenvalue weighted by Gasteiger charge is -2.12. The third kappa shape index (κ3) is 3.60. The van der Waals surface area contributed by atoms with Gasteiger partial charge in [0.25, 0.3) is 0 Å². The maximum atomic E-state index is 13.6. The Balaban J connectivity index is 2.16. The molecule has 0 bridgehead atoms. The third-order valence-corrected chi connectivity index (χ3v) is 2.76. The average Bonchev–Trinajstić information content (AvgIpc) is 2.41. The van der Waals surface area contributed by atoms with Crippen molar-refractivity contribution in [3.63, 3.8) is 0 Å². The van der Waals surface area contributed by atoms with E-state index in [2.05, 4.69) is 0 Å². The smallest absolute Gasteiger partial charge is 0.307 e. The van der Waals surface area contributed by atoms with E-state index in [9.17, 15) is 9.18 Å². The Kier molecular flexibility index (Phi) is 4.40. The number of rotatable bonds is 5. The van der Waals surface area contributed by atoms with Gasteiger partial charge in [-0.25, -0.2) is 4.39 Å². The number of benzene rings is 2. The number of aliphatic carboxylic acids is 1. The van der Waals surface area contributed by atoms with Crippen LogP contribution in [0.2, 0.25) is 0 Å². The van der Waals surface area contributed by atoms with Crippen molar-refractivity contribution in [3.8, 4) is 5.75 Å². The second-order valence-electron chi connectivity index (χ2n) is 4.33. The molecular formula is C15H12BFO3. The Labute approximate surface area is 117 Å². The van der Waals surface area contributed by atoms with Gasteiger partial charge in [-0.3, -0.25) is 4.79 Å². The predicted molar refractivity (Wildman–Crippen MR) is 73.9 cm³/mol. The van der Waals surface area contributed by atoms with Crippen LogP contribution in [0.15, 0.2) is 42.5 Å². The van der Waals surface area contributed by atoms with E-state index in [1.807, 2.05) is 30.3 Å². The molecule has 0 fully saturated rings. The Bertz CT molecular complexity index is 614. The van der Waals surface area contributed by atoms with Gasteiger partial charge in [0.15, 0.2) is 0 Å². The van der Waals surface area contributed by atoms with Crippen LogP contribution >= 0.6 is 0 Å². The Morgan fingerprint density at radius 2 is 1.95 bits per heavy atom. The first kappa shape index (κ1) is 14.1. The highest BCUT2D eigenvalue weighted by molar-refractivity contribution is 6.34. The number of carbonyl (C=O) groups is 1. The van der Waals surface area contributed by atoms with E-state index < -0.39 is 18.2 Å². The molecule has 20 heavy (non-hydrogen) atoms. The molecule has 0 saturated carbocycles. The molecule has 0 aromatic heterocycles. The zero-order valence-electron chi connectivity index (χ0n) is 10.7. The summed E-state index contributed by atoms with van der Waals surface area (Å²) in [6.07, 6.45) is -0.409. The van der Waals surface area contributed by atoms with Crippen LogP contribution in [0.25, 0.3) is 0 Å². The fourth-order valence-electron chi connectivity index (χ4n) is 1.77. The first-order chi connectivity index (χ1) is 9.56. The fraction of sp³-hybridized carbons (Fsp3) is 0.133. The molecule has 5 heteroatoms. The van der Waals surface area contributed by atoms with Crippen molar-refractivity contribution in [1.82, 2.24) is 0 Å². The molecule has 0 aliphatic rings. The van der Waals surface area contributed by atoms with Gasteiger partial charge in [0.05, 0.1) is 6.42 Å². The summed E-state index contributed by atoms with van der Waals surface area (Å²) in [5.41, 5.74) is 1.14. The second-order valence-corrected chi connectivity index (χ2v) is 4.33. The minimum atomic E-state index is -1.11. The lowest BCUT2D eigenvalue weighted by atomic mass is 9.92. The molecule has 0 unspecified atom stereocenters. The summed E-state index contributed by atoms with van der Waals surface area (Å²) in [5, 5.41) is 8.72. The summed E-state index contributed by atoms with van der Waals surface area (Å²) in [6.45, 7) is 0.281. The lowest BCUT2D eigenvalue weighted by molar-refractivity contribution is -0.136. The van der Waals surface area contributed by atoms with E-state index in [0.29, 0.717) is 0 Å². The SMILES string of the molecule is [B]c1cc(F)c(CC(=O)O)cc1OCc1ccccc1. The van der Waals surface area contributed by atoms with Gasteiger partial charge in [0, 0.05) is 5.56 Å². The lowest BCUT2D eigenvalue weighted by Crippen LogP contribution is -2.13. The van der Waals surface area contributed by atoms with Gasteiger partial charge in [-0.15, -0.1) is 0 Å². The number of halogens is 1. The monoisotopic (exact) mass is 270 g/mol. The van der Waals surface area contributed by atoms with Gasteiger partial charge in [-0.05, 0) is 17.7 Å². The van der Waals surface area contributed by atoms with Gasteiger partial charge in [-0.1, -0.05) is 35.8 Å². The highest BCUT2D eigenvalue weighted by Crippen LogP contribution is 2.16. The number of hydrogen-bond donors (Lipinski definition) is 1. The fourth-order valence-corrected chi connectivity index (χ4v) is 1.77. The van der Waals surface area contributed by atoms with Crippen molar-refractivity contribution in [2.24, 2.45) is 0 Å². The van der Waals surface area contributed by atoms with Crippen LogP contribution in [0.5, 0.6) is 5.75 Å². The molecule has 2 aromatic rings. The maximum absolute atomic E-state index is 13.6. The highest BCUT2D eigenvalue weighted by atomic mass is 19.1. The third-order valence-electron chi connectivity index (χ3n) is 2.76. The van der Waals surface area contributed by atoms with Crippen molar-refractivity contribution in [3.05, 3.63) is 59.4 Å². The van der Waals surface area contributed by atoms with Crippen LogP contribution in [0.3, 0.4) is 0 Å². The minimum absolute atomic E-state index is 0.0507. The normalized spacial score (nSPS) is 10.2. The standard InChI is InChI=1S/C15H12BFO3/c16-12-8-13(17)11(7-15(18)19)6-14(12)20-9-10-4-2-1-3-5-10/h1-6,8H,7,9H2,(H,18,19). The molecule has 0 spiro atoms. The van der Waals surface area contributed by atoms with Gasteiger partial charge in [-0.2, -0.15) is 0 Å². The summed E-state index contributed by atoms with van der Waals surface area (Å²) >= 11 is 0. The van der Waals surface area contributed by atoms with Gasteiger partial charge < -0.3 is 9.84 Å². The predicted octanol–water partition coefficient (Wildman–Crippen LogP) is 1.83. The van der Waals surface area contributed by atoms with Gasteiger partial charge in [0.1, 0.15) is 26.0 Å². The van der Waals surface area contributed by atoms with Gasteiger partial charge >= 0.3 is 5.97 Å². The molecule has 2 rings (SSSR count). The number of ether oxygens (including phenoxy) is 1. The van der Waals surface area contributed by atoms with Crippen LogP contribution in [-0.2, 0) is 17.8 Å². The second kappa shape index (κ2) is 6.24. The molecule has 2 radical (unpaired) electrons. The first-order valence-corrected chi connectivity index (χ1v) is 6.02. The quantitative estimate of drug-likeness (QED) is 0.843. The molecule has 0 aliphatic heterocycles.